The van der Waals surface area contributed by atoms with E-state index in [0.717, 1.165) is 18.4 Å². The van der Waals surface area contributed by atoms with Crippen LogP contribution in [0.2, 0.25) is 0 Å². The Hall–Kier alpha value is 0.140. The summed E-state index contributed by atoms with van der Waals surface area (Å²) in [6, 6.07) is 0. The molecule has 0 N–H and O–H groups in total. The minimum atomic E-state index is -0.0202. The van der Waals surface area contributed by atoms with E-state index in [-0.39, 0.29) is 5.83 Å². The lowest BCUT2D eigenvalue weighted by Gasteiger charge is -2.10. The average molecular weight is 252 g/mol. The van der Waals surface area contributed by atoms with Crippen LogP contribution in [0.5, 0.6) is 0 Å². The Balaban J connectivity index is 2.71. The van der Waals surface area contributed by atoms with Crippen LogP contribution in [0.3, 0.4) is 0 Å². The average Bonchev–Trinajstić information content (AvgIpc) is 1.88. The van der Waals surface area contributed by atoms with Gasteiger partial charge in [0.2, 0.25) is 0 Å². The Morgan fingerprint density at radius 3 is 3.00 bits per heavy atom. The molecule has 1 atom stereocenters. The van der Waals surface area contributed by atoms with Gasteiger partial charge in [-0.2, -0.15) is 0 Å². The minimum absolute atomic E-state index is 0.0202. The van der Waals surface area contributed by atoms with Gasteiger partial charge in [-0.15, -0.1) is 0 Å². The van der Waals surface area contributed by atoms with Gasteiger partial charge in [-0.25, -0.2) is 4.39 Å². The topological polar surface area (TPSA) is 0 Å². The Labute approximate surface area is 74.3 Å². The van der Waals surface area contributed by atoms with Crippen LogP contribution in [0.15, 0.2) is 23.6 Å². The molecule has 0 amide bonds. The Morgan fingerprint density at radius 1 is 1.80 bits per heavy atom. The zero-order chi connectivity index (χ0) is 7.56. The third-order valence-electron chi connectivity index (χ3n) is 1.60. The van der Waals surface area contributed by atoms with Gasteiger partial charge in [0, 0.05) is 3.92 Å². The molecule has 1 aliphatic rings. The van der Waals surface area contributed by atoms with E-state index in [2.05, 4.69) is 22.6 Å². The molecule has 0 radical (unpaired) electrons. The van der Waals surface area contributed by atoms with Crippen molar-refractivity contribution in [2.45, 2.75) is 23.7 Å². The highest BCUT2D eigenvalue weighted by molar-refractivity contribution is 14.1. The van der Waals surface area contributed by atoms with Crippen LogP contribution < -0.4 is 0 Å². The van der Waals surface area contributed by atoms with Crippen molar-refractivity contribution in [2.75, 3.05) is 0 Å². The number of rotatable bonds is 1. The minimum Gasteiger partial charge on any atom is -0.207 e. The molecule has 1 rings (SSSR count). The van der Waals surface area contributed by atoms with Gasteiger partial charge < -0.3 is 0 Å². The van der Waals surface area contributed by atoms with Crippen LogP contribution >= 0.6 is 22.6 Å². The van der Waals surface area contributed by atoms with Crippen molar-refractivity contribution in [3.63, 3.8) is 0 Å². The van der Waals surface area contributed by atoms with E-state index in [9.17, 15) is 4.39 Å². The lowest BCUT2D eigenvalue weighted by atomic mass is 10.0. The van der Waals surface area contributed by atoms with E-state index in [1.54, 1.807) is 6.08 Å². The van der Waals surface area contributed by atoms with Gasteiger partial charge in [-0.1, -0.05) is 35.6 Å². The molecule has 0 nitrogen and oxygen atoms in total. The summed E-state index contributed by atoms with van der Waals surface area (Å²) in [5.41, 5.74) is 0.868. The monoisotopic (exact) mass is 252 g/mol. The SMILES string of the molecule is CCC1=CCC(I)C=C1F. The molecule has 0 heterocycles. The normalized spacial score (nSPS) is 25.7. The van der Waals surface area contributed by atoms with Gasteiger partial charge in [0.05, 0.1) is 0 Å². The first-order chi connectivity index (χ1) is 4.74. The van der Waals surface area contributed by atoms with E-state index in [4.69, 9.17) is 0 Å². The Bertz CT molecular complexity index is 182. The molecule has 0 spiro atoms. The standard InChI is InChI=1S/C8H10FI/c1-2-6-3-4-7(10)5-8(6)9/h3,5,7H,2,4H2,1H3. The van der Waals surface area contributed by atoms with Crippen LogP contribution in [0.1, 0.15) is 19.8 Å². The second-order valence-electron chi connectivity index (χ2n) is 2.35. The van der Waals surface area contributed by atoms with Crippen molar-refractivity contribution in [3.8, 4) is 0 Å². The summed E-state index contributed by atoms with van der Waals surface area (Å²) in [5, 5.41) is 0. The van der Waals surface area contributed by atoms with E-state index in [1.165, 1.54) is 0 Å². The third kappa shape index (κ3) is 1.81. The summed E-state index contributed by atoms with van der Waals surface area (Å²) in [5.74, 6) is -0.0202. The zero-order valence-corrected chi connectivity index (χ0v) is 8.06. The molecule has 0 bridgehead atoms. The second-order valence-corrected chi connectivity index (χ2v) is 3.95. The van der Waals surface area contributed by atoms with Gasteiger partial charge in [0.15, 0.2) is 0 Å². The van der Waals surface area contributed by atoms with Gasteiger partial charge in [-0.05, 0) is 24.5 Å². The van der Waals surface area contributed by atoms with Crippen molar-refractivity contribution in [1.29, 1.82) is 0 Å². The van der Waals surface area contributed by atoms with Crippen molar-refractivity contribution in [3.05, 3.63) is 23.6 Å². The maximum Gasteiger partial charge on any atom is 0.123 e. The smallest absolute Gasteiger partial charge is 0.123 e. The maximum absolute atomic E-state index is 12.9. The van der Waals surface area contributed by atoms with E-state index >= 15 is 0 Å². The van der Waals surface area contributed by atoms with E-state index in [0.29, 0.717) is 3.92 Å². The highest BCUT2D eigenvalue weighted by Crippen LogP contribution is 2.25. The number of alkyl halides is 1. The summed E-state index contributed by atoms with van der Waals surface area (Å²) in [4.78, 5) is 0. The highest BCUT2D eigenvalue weighted by atomic mass is 127. The molecule has 10 heavy (non-hydrogen) atoms. The Kier molecular flexibility index (Phi) is 2.89. The fourth-order valence-corrected chi connectivity index (χ4v) is 1.57. The van der Waals surface area contributed by atoms with Crippen LogP contribution in [0.4, 0.5) is 4.39 Å². The molecule has 0 fully saturated rings. The van der Waals surface area contributed by atoms with E-state index < -0.39 is 0 Å². The number of hydrogen-bond donors (Lipinski definition) is 0. The molecule has 2 heteroatoms. The zero-order valence-electron chi connectivity index (χ0n) is 5.90. The summed E-state index contributed by atoms with van der Waals surface area (Å²) < 4.78 is 13.2. The van der Waals surface area contributed by atoms with Crippen molar-refractivity contribution in [2.24, 2.45) is 0 Å². The molecule has 1 aliphatic carbocycles. The van der Waals surface area contributed by atoms with Gasteiger partial charge >= 0.3 is 0 Å². The first-order valence-electron chi connectivity index (χ1n) is 3.45. The summed E-state index contributed by atoms with van der Waals surface area (Å²) in [6.07, 6.45) is 5.48. The van der Waals surface area contributed by atoms with Crippen LogP contribution in [-0.2, 0) is 0 Å². The summed E-state index contributed by atoms with van der Waals surface area (Å²) in [7, 11) is 0. The molecule has 0 saturated carbocycles. The molecule has 0 aromatic rings. The van der Waals surface area contributed by atoms with Crippen molar-refractivity contribution in [1.82, 2.24) is 0 Å². The molecule has 0 aromatic heterocycles. The quantitative estimate of drug-likeness (QED) is 0.495. The predicted octanol–water partition coefficient (Wildman–Crippen LogP) is 3.38. The lowest BCUT2D eigenvalue weighted by Crippen LogP contribution is -1.99. The fraction of sp³-hybridized carbons (Fsp3) is 0.500. The number of allylic oxidation sites excluding steroid dienone is 4. The maximum atomic E-state index is 12.9. The molecular formula is C8H10FI. The van der Waals surface area contributed by atoms with Gasteiger partial charge in [-0.3, -0.25) is 0 Å². The highest BCUT2D eigenvalue weighted by Gasteiger charge is 2.10. The van der Waals surface area contributed by atoms with Crippen LogP contribution in [0, 0.1) is 0 Å². The van der Waals surface area contributed by atoms with Crippen molar-refractivity contribution >= 4 is 22.6 Å². The molecule has 0 aromatic carbocycles. The lowest BCUT2D eigenvalue weighted by molar-refractivity contribution is 0.629. The summed E-state index contributed by atoms with van der Waals surface area (Å²) >= 11 is 2.24. The van der Waals surface area contributed by atoms with Crippen molar-refractivity contribution < 1.29 is 4.39 Å². The molecule has 1 unspecified atom stereocenters. The predicted molar refractivity (Wildman–Crippen MR) is 50.0 cm³/mol. The largest absolute Gasteiger partial charge is 0.207 e. The summed E-state index contributed by atoms with van der Waals surface area (Å²) in [6.45, 7) is 1.98. The molecule has 0 aliphatic heterocycles. The third-order valence-corrected chi connectivity index (χ3v) is 2.47. The molecule has 56 valence electrons. The van der Waals surface area contributed by atoms with Gasteiger partial charge in [0.25, 0.3) is 0 Å². The fourth-order valence-electron chi connectivity index (χ4n) is 0.999. The van der Waals surface area contributed by atoms with Crippen LogP contribution in [-0.4, -0.2) is 3.92 Å². The molecular weight excluding hydrogens is 242 g/mol. The number of hydrogen-bond acceptors (Lipinski definition) is 0. The van der Waals surface area contributed by atoms with Gasteiger partial charge in [0.1, 0.15) is 5.83 Å². The Morgan fingerprint density at radius 2 is 2.50 bits per heavy atom. The second kappa shape index (κ2) is 3.51. The molecule has 0 saturated heterocycles. The van der Waals surface area contributed by atoms with Crippen LogP contribution in [0.25, 0.3) is 0 Å². The van der Waals surface area contributed by atoms with E-state index in [1.807, 2.05) is 13.0 Å². The first-order valence-corrected chi connectivity index (χ1v) is 4.69. The first kappa shape index (κ1) is 8.24. The number of halogens is 2.